The molecular weight excluding hydrogens is 520 g/mol. The number of hydrogen-bond donors (Lipinski definition) is 3. The molecule has 3 N–H and O–H groups in total. The largest absolute Gasteiger partial charge is 0.484 e. The van der Waals surface area contributed by atoms with Gasteiger partial charge in [-0.05, 0) is 62.4 Å². The molecular formula is C25H25ClF4N2O5. The standard InChI is InChI=1S/C25H25ClF4N2O5/c26-18-5-4-17(11-19(18)27)37-13-21(34)31-23-6-8-24(9-7-23,20(33)12-23)32-22(35)14-36-16-3-1-2-15(10-16)25(28,29)30/h1-5,10-11,20,33H,6-9,12-14H2,(H,31,34)(H,32,35)/t20-,23?,24?/m0/s1. The van der Waals surface area contributed by atoms with Gasteiger partial charge in [0.2, 0.25) is 0 Å². The first-order chi connectivity index (χ1) is 17.4. The molecule has 2 aromatic rings. The van der Waals surface area contributed by atoms with E-state index in [0.717, 1.165) is 18.2 Å². The van der Waals surface area contributed by atoms with Crippen molar-refractivity contribution in [3.8, 4) is 11.5 Å². The average molecular weight is 545 g/mol. The maximum Gasteiger partial charge on any atom is 0.416 e. The van der Waals surface area contributed by atoms with Crippen LogP contribution in [0.5, 0.6) is 11.5 Å². The molecule has 2 aromatic carbocycles. The monoisotopic (exact) mass is 544 g/mol. The fraction of sp³-hybridized carbons (Fsp3) is 0.440. The maximum absolute atomic E-state index is 13.5. The van der Waals surface area contributed by atoms with Crippen LogP contribution >= 0.6 is 11.6 Å². The molecule has 3 saturated carbocycles. The predicted molar refractivity (Wildman–Crippen MR) is 125 cm³/mol. The van der Waals surface area contributed by atoms with Gasteiger partial charge in [-0.1, -0.05) is 17.7 Å². The summed E-state index contributed by atoms with van der Waals surface area (Å²) < 4.78 is 62.7. The summed E-state index contributed by atoms with van der Waals surface area (Å²) in [5, 5.41) is 16.5. The van der Waals surface area contributed by atoms with E-state index in [0.29, 0.717) is 25.7 Å². The Kier molecular flexibility index (Phi) is 7.57. The Hall–Kier alpha value is -3.05. The topological polar surface area (TPSA) is 96.9 Å². The van der Waals surface area contributed by atoms with Crippen LogP contribution in [-0.4, -0.2) is 47.3 Å². The molecule has 200 valence electrons. The van der Waals surface area contributed by atoms with Gasteiger partial charge < -0.3 is 25.2 Å². The molecule has 2 amide bonds. The first-order valence-electron chi connectivity index (χ1n) is 11.6. The summed E-state index contributed by atoms with van der Waals surface area (Å²) in [6.07, 6.45) is -3.56. The molecule has 0 aromatic heterocycles. The molecule has 3 aliphatic carbocycles. The molecule has 12 heteroatoms. The van der Waals surface area contributed by atoms with Crippen LogP contribution in [0.3, 0.4) is 0 Å². The Morgan fingerprint density at radius 2 is 1.59 bits per heavy atom. The molecule has 5 rings (SSSR count). The van der Waals surface area contributed by atoms with E-state index >= 15 is 0 Å². The maximum atomic E-state index is 13.5. The van der Waals surface area contributed by atoms with Crippen molar-refractivity contribution in [1.29, 1.82) is 0 Å². The van der Waals surface area contributed by atoms with Gasteiger partial charge >= 0.3 is 6.18 Å². The van der Waals surface area contributed by atoms with Gasteiger partial charge in [-0.25, -0.2) is 4.39 Å². The van der Waals surface area contributed by atoms with Crippen molar-refractivity contribution in [2.75, 3.05) is 13.2 Å². The van der Waals surface area contributed by atoms with E-state index in [-0.39, 0.29) is 29.5 Å². The minimum absolute atomic E-state index is 0.0631. The number of hydrogen-bond acceptors (Lipinski definition) is 5. The molecule has 3 aliphatic rings. The van der Waals surface area contributed by atoms with Gasteiger partial charge in [0.25, 0.3) is 11.8 Å². The SMILES string of the molecule is O=C(COc1ccc(Cl)c(F)c1)NC12CCC(NC(=O)COc3cccc(C(F)(F)F)c3)(CC1)[C@@H](O)C2. The third-order valence-electron chi connectivity index (χ3n) is 6.91. The molecule has 0 spiro atoms. The number of carbonyl (C=O) groups is 2. The van der Waals surface area contributed by atoms with Gasteiger partial charge in [0.15, 0.2) is 13.2 Å². The summed E-state index contributed by atoms with van der Waals surface area (Å²) in [5.41, 5.74) is -2.48. The third-order valence-corrected chi connectivity index (χ3v) is 7.21. The number of halogens is 5. The normalized spacial score (nSPS) is 24.9. The lowest BCUT2D eigenvalue weighted by Crippen LogP contribution is -2.70. The molecule has 0 heterocycles. The second-order valence-corrected chi connectivity index (χ2v) is 9.84. The minimum Gasteiger partial charge on any atom is -0.484 e. The Balaban J connectivity index is 1.28. The summed E-state index contributed by atoms with van der Waals surface area (Å²) in [6, 6.07) is 8.06. The van der Waals surface area contributed by atoms with E-state index < -0.39 is 53.2 Å². The Morgan fingerprint density at radius 1 is 0.973 bits per heavy atom. The van der Waals surface area contributed by atoms with Crippen LogP contribution in [-0.2, 0) is 15.8 Å². The lowest BCUT2D eigenvalue weighted by molar-refractivity contribution is -0.138. The van der Waals surface area contributed by atoms with Gasteiger partial charge in [0, 0.05) is 11.6 Å². The molecule has 0 saturated heterocycles. The molecule has 7 nitrogen and oxygen atoms in total. The van der Waals surface area contributed by atoms with Crippen LogP contribution in [0.15, 0.2) is 42.5 Å². The van der Waals surface area contributed by atoms with Crippen LogP contribution in [0.2, 0.25) is 5.02 Å². The number of nitrogens with one attached hydrogen (secondary N) is 2. The first kappa shape index (κ1) is 27.0. The van der Waals surface area contributed by atoms with Gasteiger partial charge in [0.05, 0.1) is 22.2 Å². The van der Waals surface area contributed by atoms with Crippen molar-refractivity contribution in [1.82, 2.24) is 10.6 Å². The van der Waals surface area contributed by atoms with E-state index in [9.17, 15) is 32.3 Å². The Morgan fingerprint density at radius 3 is 2.19 bits per heavy atom. The van der Waals surface area contributed by atoms with Crippen molar-refractivity contribution < 1.29 is 41.7 Å². The van der Waals surface area contributed by atoms with Gasteiger partial charge in [0.1, 0.15) is 17.3 Å². The predicted octanol–water partition coefficient (Wildman–Crippen LogP) is 4.00. The summed E-state index contributed by atoms with van der Waals surface area (Å²) in [7, 11) is 0. The number of fused-ring (bicyclic) bond motifs is 3. The van der Waals surface area contributed by atoms with Crippen molar-refractivity contribution in [2.45, 2.75) is 55.5 Å². The van der Waals surface area contributed by atoms with Gasteiger partial charge in [-0.2, -0.15) is 13.2 Å². The summed E-state index contributed by atoms with van der Waals surface area (Å²) in [4.78, 5) is 25.0. The van der Waals surface area contributed by atoms with Crippen LogP contribution in [0.1, 0.15) is 37.7 Å². The number of ether oxygens (including phenoxy) is 2. The Bertz CT molecular complexity index is 1170. The van der Waals surface area contributed by atoms with Crippen LogP contribution in [0.25, 0.3) is 0 Å². The van der Waals surface area contributed by atoms with Crippen LogP contribution in [0, 0.1) is 5.82 Å². The van der Waals surface area contributed by atoms with Crippen LogP contribution < -0.4 is 20.1 Å². The van der Waals surface area contributed by atoms with E-state index in [1.165, 1.54) is 24.3 Å². The zero-order valence-electron chi connectivity index (χ0n) is 19.5. The lowest BCUT2D eigenvalue weighted by Gasteiger charge is -2.56. The fourth-order valence-electron chi connectivity index (χ4n) is 4.93. The number of rotatable bonds is 8. The van der Waals surface area contributed by atoms with E-state index in [1.807, 2.05) is 0 Å². The smallest absolute Gasteiger partial charge is 0.416 e. The Labute approximate surface area is 215 Å². The van der Waals surface area contributed by atoms with Gasteiger partial charge in [-0.3, -0.25) is 9.59 Å². The highest BCUT2D eigenvalue weighted by Gasteiger charge is 2.55. The van der Waals surface area contributed by atoms with Crippen molar-refractivity contribution in [3.63, 3.8) is 0 Å². The molecule has 37 heavy (non-hydrogen) atoms. The number of aliphatic hydroxyl groups is 1. The first-order valence-corrected chi connectivity index (χ1v) is 12.0. The highest BCUT2D eigenvalue weighted by molar-refractivity contribution is 6.30. The molecule has 0 unspecified atom stereocenters. The highest BCUT2D eigenvalue weighted by Crippen LogP contribution is 2.47. The minimum atomic E-state index is -4.53. The number of aliphatic hydroxyl groups excluding tert-OH is 1. The summed E-state index contributed by atoms with van der Waals surface area (Å²) >= 11 is 5.63. The molecule has 0 radical (unpaired) electrons. The average Bonchev–Trinajstić information content (AvgIpc) is 2.84. The summed E-state index contributed by atoms with van der Waals surface area (Å²) in [6.45, 7) is -0.867. The summed E-state index contributed by atoms with van der Waals surface area (Å²) in [5.74, 6) is -1.62. The quantitative estimate of drug-likeness (QED) is 0.437. The number of amides is 2. The number of alkyl halides is 3. The highest BCUT2D eigenvalue weighted by atomic mass is 35.5. The fourth-order valence-corrected chi connectivity index (χ4v) is 5.05. The van der Waals surface area contributed by atoms with Crippen molar-refractivity contribution in [2.24, 2.45) is 0 Å². The van der Waals surface area contributed by atoms with E-state index in [4.69, 9.17) is 21.1 Å². The van der Waals surface area contributed by atoms with Crippen molar-refractivity contribution >= 4 is 23.4 Å². The van der Waals surface area contributed by atoms with Gasteiger partial charge in [-0.15, -0.1) is 0 Å². The van der Waals surface area contributed by atoms with E-state index in [1.54, 1.807) is 0 Å². The van der Waals surface area contributed by atoms with Crippen LogP contribution in [0.4, 0.5) is 17.6 Å². The zero-order valence-corrected chi connectivity index (χ0v) is 20.3. The lowest BCUT2D eigenvalue weighted by atomic mass is 9.60. The molecule has 0 aliphatic heterocycles. The second kappa shape index (κ2) is 10.4. The second-order valence-electron chi connectivity index (χ2n) is 9.43. The molecule has 3 fully saturated rings. The molecule has 2 bridgehead atoms. The molecule has 1 atom stereocenters. The number of carbonyl (C=O) groups excluding carboxylic acids is 2. The number of benzene rings is 2. The third kappa shape index (κ3) is 6.27. The van der Waals surface area contributed by atoms with E-state index in [2.05, 4.69) is 10.6 Å². The van der Waals surface area contributed by atoms with Crippen molar-refractivity contribution in [3.05, 3.63) is 58.9 Å². The zero-order chi connectivity index (χ0) is 26.8.